The van der Waals surface area contributed by atoms with Crippen molar-refractivity contribution < 1.29 is 4.79 Å². The van der Waals surface area contributed by atoms with Gasteiger partial charge < -0.3 is 16.0 Å². The molecule has 160 valence electrons. The molecule has 0 fully saturated rings. The van der Waals surface area contributed by atoms with Crippen LogP contribution in [0.5, 0.6) is 0 Å². The van der Waals surface area contributed by atoms with Gasteiger partial charge in [0, 0.05) is 36.6 Å². The third-order valence-corrected chi connectivity index (χ3v) is 4.84. The summed E-state index contributed by atoms with van der Waals surface area (Å²) in [6.07, 6.45) is 2.69. The predicted molar refractivity (Wildman–Crippen MR) is 124 cm³/mol. The lowest BCUT2D eigenvalue weighted by molar-refractivity contribution is -0.117. The van der Waals surface area contributed by atoms with Gasteiger partial charge in [-0.2, -0.15) is 0 Å². The van der Waals surface area contributed by atoms with Crippen molar-refractivity contribution in [2.75, 3.05) is 29.0 Å². The smallest absolute Gasteiger partial charge is 0.224 e. The van der Waals surface area contributed by atoms with E-state index in [1.807, 2.05) is 12.1 Å². The first-order valence-corrected chi connectivity index (χ1v) is 10.6. The van der Waals surface area contributed by atoms with Crippen molar-refractivity contribution in [3.05, 3.63) is 18.2 Å². The van der Waals surface area contributed by atoms with Crippen LogP contribution in [-0.2, 0) is 4.79 Å². The first-order valence-electron chi connectivity index (χ1n) is 10.6. The molecule has 0 aliphatic heterocycles. The van der Waals surface area contributed by atoms with Gasteiger partial charge in [0.25, 0.3) is 0 Å². The van der Waals surface area contributed by atoms with E-state index >= 15 is 0 Å². The Morgan fingerprint density at radius 2 is 1.36 bits per heavy atom. The monoisotopic (exact) mass is 389 g/mol. The van der Waals surface area contributed by atoms with Gasteiger partial charge in [0.05, 0.1) is 0 Å². The number of hydrogen-bond acceptors (Lipinski definition) is 3. The molecule has 0 spiro atoms. The summed E-state index contributed by atoms with van der Waals surface area (Å²) in [6.45, 7) is 21.5. The Bertz CT molecular complexity index is 636. The summed E-state index contributed by atoms with van der Waals surface area (Å²) >= 11 is 0. The fourth-order valence-corrected chi connectivity index (χ4v) is 2.64. The van der Waals surface area contributed by atoms with Gasteiger partial charge >= 0.3 is 0 Å². The highest BCUT2D eigenvalue weighted by Crippen LogP contribution is 2.27. The number of benzene rings is 1. The summed E-state index contributed by atoms with van der Waals surface area (Å²) in [6, 6.07) is 6.19. The lowest BCUT2D eigenvalue weighted by Gasteiger charge is -2.24. The van der Waals surface area contributed by atoms with Crippen molar-refractivity contribution in [2.24, 2.45) is 16.2 Å². The van der Waals surface area contributed by atoms with Crippen molar-refractivity contribution in [1.29, 1.82) is 0 Å². The maximum Gasteiger partial charge on any atom is 0.224 e. The molecule has 0 saturated carbocycles. The van der Waals surface area contributed by atoms with Crippen LogP contribution in [0.15, 0.2) is 18.2 Å². The lowest BCUT2D eigenvalue weighted by Crippen LogP contribution is -2.22. The van der Waals surface area contributed by atoms with Crippen LogP contribution in [0.2, 0.25) is 0 Å². The molecule has 1 aromatic rings. The molecule has 1 amide bonds. The summed E-state index contributed by atoms with van der Waals surface area (Å²) in [5.74, 6) is 0.0548. The molecule has 0 saturated heterocycles. The topological polar surface area (TPSA) is 53.2 Å². The summed E-state index contributed by atoms with van der Waals surface area (Å²) in [5.41, 5.74) is 3.40. The van der Waals surface area contributed by atoms with Crippen LogP contribution in [0.25, 0.3) is 0 Å². The fraction of sp³-hybridized carbons (Fsp3) is 0.708. The van der Waals surface area contributed by atoms with Gasteiger partial charge in [-0.05, 0) is 47.3 Å². The summed E-state index contributed by atoms with van der Waals surface area (Å²) < 4.78 is 0. The zero-order valence-electron chi connectivity index (χ0n) is 19.7. The molecule has 28 heavy (non-hydrogen) atoms. The Kier molecular flexibility index (Phi) is 8.40. The summed E-state index contributed by atoms with van der Waals surface area (Å²) in [4.78, 5) is 12.4. The van der Waals surface area contributed by atoms with E-state index in [-0.39, 0.29) is 22.2 Å². The molecule has 0 unspecified atom stereocenters. The van der Waals surface area contributed by atoms with Gasteiger partial charge in [-0.15, -0.1) is 0 Å². The standard InChI is InChI=1S/C24H43N3O/c1-10-24(8,9)17-26-19-13-18(25-12-11-22(2,3)4)14-20(15-19)27-21(28)16-23(5,6)7/h13-15,25-26H,10-12,16-17H2,1-9H3,(H,27,28). The molecule has 0 heterocycles. The normalized spacial score (nSPS) is 12.6. The quantitative estimate of drug-likeness (QED) is 0.437. The first-order chi connectivity index (χ1) is 12.7. The molecule has 4 heteroatoms. The van der Waals surface area contributed by atoms with E-state index in [9.17, 15) is 4.79 Å². The molecule has 1 aromatic carbocycles. The van der Waals surface area contributed by atoms with Crippen LogP contribution in [0.4, 0.5) is 17.1 Å². The first kappa shape index (κ1) is 24.3. The van der Waals surface area contributed by atoms with Gasteiger partial charge in [0.1, 0.15) is 0 Å². The molecule has 3 N–H and O–H groups in total. The highest BCUT2D eigenvalue weighted by atomic mass is 16.1. The number of amides is 1. The average molecular weight is 390 g/mol. The second-order valence-electron chi connectivity index (χ2n) is 11.2. The third kappa shape index (κ3) is 10.6. The SMILES string of the molecule is CCC(C)(C)CNc1cc(NCCC(C)(C)C)cc(NC(=O)CC(C)(C)C)c1. The van der Waals surface area contributed by atoms with Gasteiger partial charge in [-0.3, -0.25) is 4.79 Å². The molecule has 0 bridgehead atoms. The predicted octanol–water partition coefficient (Wildman–Crippen LogP) is 6.76. The lowest BCUT2D eigenvalue weighted by atomic mass is 9.90. The number of hydrogen-bond donors (Lipinski definition) is 3. The van der Waals surface area contributed by atoms with Crippen molar-refractivity contribution in [3.63, 3.8) is 0 Å². The average Bonchev–Trinajstić information content (AvgIpc) is 2.50. The molecular formula is C24H43N3O. The van der Waals surface area contributed by atoms with Crippen molar-refractivity contribution >= 4 is 23.0 Å². The molecule has 0 aliphatic rings. The molecule has 0 radical (unpaired) electrons. The molecule has 0 atom stereocenters. The Balaban J connectivity index is 2.94. The Hall–Kier alpha value is -1.71. The molecule has 1 rings (SSSR count). The van der Waals surface area contributed by atoms with E-state index in [1.54, 1.807) is 0 Å². The highest BCUT2D eigenvalue weighted by molar-refractivity contribution is 5.92. The van der Waals surface area contributed by atoms with Crippen LogP contribution in [0.1, 0.15) is 81.6 Å². The Morgan fingerprint density at radius 3 is 1.86 bits per heavy atom. The van der Waals surface area contributed by atoms with Crippen molar-refractivity contribution in [3.8, 4) is 0 Å². The van der Waals surface area contributed by atoms with E-state index < -0.39 is 0 Å². The molecular weight excluding hydrogens is 346 g/mol. The van der Waals surface area contributed by atoms with Crippen molar-refractivity contribution in [1.82, 2.24) is 0 Å². The van der Waals surface area contributed by atoms with Crippen LogP contribution < -0.4 is 16.0 Å². The second kappa shape index (κ2) is 9.67. The van der Waals surface area contributed by atoms with E-state index in [0.717, 1.165) is 43.0 Å². The minimum atomic E-state index is -0.0289. The van der Waals surface area contributed by atoms with Crippen LogP contribution in [0, 0.1) is 16.2 Å². The molecule has 0 aliphatic carbocycles. The van der Waals surface area contributed by atoms with Crippen molar-refractivity contribution in [2.45, 2.75) is 81.6 Å². The zero-order valence-corrected chi connectivity index (χ0v) is 19.7. The Morgan fingerprint density at radius 1 is 0.821 bits per heavy atom. The van der Waals surface area contributed by atoms with E-state index in [1.165, 1.54) is 0 Å². The number of carbonyl (C=O) groups is 1. The van der Waals surface area contributed by atoms with Gasteiger partial charge in [0.15, 0.2) is 0 Å². The third-order valence-electron chi connectivity index (χ3n) is 4.84. The largest absolute Gasteiger partial charge is 0.385 e. The maximum atomic E-state index is 12.4. The minimum Gasteiger partial charge on any atom is -0.385 e. The van der Waals surface area contributed by atoms with Gasteiger partial charge in [-0.25, -0.2) is 0 Å². The number of carbonyl (C=O) groups excluding carboxylic acids is 1. The van der Waals surface area contributed by atoms with Crippen LogP contribution >= 0.6 is 0 Å². The second-order valence-corrected chi connectivity index (χ2v) is 11.2. The zero-order chi connectivity index (χ0) is 21.6. The van der Waals surface area contributed by atoms with Gasteiger partial charge in [0.2, 0.25) is 5.91 Å². The minimum absolute atomic E-state index is 0.0289. The number of nitrogens with one attached hydrogen (secondary N) is 3. The number of rotatable bonds is 9. The molecule has 4 nitrogen and oxygen atoms in total. The number of anilines is 3. The summed E-state index contributed by atoms with van der Waals surface area (Å²) in [5, 5.41) is 10.2. The van der Waals surface area contributed by atoms with Crippen LogP contribution in [0.3, 0.4) is 0 Å². The Labute approximate surface area is 173 Å². The van der Waals surface area contributed by atoms with E-state index in [2.05, 4.69) is 84.3 Å². The van der Waals surface area contributed by atoms with Crippen LogP contribution in [-0.4, -0.2) is 19.0 Å². The van der Waals surface area contributed by atoms with E-state index in [4.69, 9.17) is 0 Å². The molecule has 0 aromatic heterocycles. The highest BCUT2D eigenvalue weighted by Gasteiger charge is 2.17. The maximum absolute atomic E-state index is 12.4. The van der Waals surface area contributed by atoms with Gasteiger partial charge in [-0.1, -0.05) is 62.3 Å². The fourth-order valence-electron chi connectivity index (χ4n) is 2.64. The van der Waals surface area contributed by atoms with E-state index in [0.29, 0.717) is 6.42 Å². The summed E-state index contributed by atoms with van der Waals surface area (Å²) in [7, 11) is 0.